The van der Waals surface area contributed by atoms with Crippen LogP contribution in [0.25, 0.3) is 0 Å². The summed E-state index contributed by atoms with van der Waals surface area (Å²) >= 11 is 0. The first kappa shape index (κ1) is 23.2. The highest BCUT2D eigenvalue weighted by Gasteiger charge is 2.48. The number of pyridine rings is 2. The number of hydrogen-bond donors (Lipinski definition) is 1. The molecule has 2 saturated heterocycles. The number of hydrogen-bond acceptors (Lipinski definition) is 9. The fraction of sp³-hybridized carbons (Fsp3) is 0.478. The lowest BCUT2D eigenvalue weighted by Gasteiger charge is -2.36. The zero-order valence-electron chi connectivity index (χ0n) is 19.6. The Balaban J connectivity index is 1.31. The first-order chi connectivity index (χ1) is 16.7. The number of halogens is 1. The lowest BCUT2D eigenvalue weighted by molar-refractivity contribution is -0.142. The predicted octanol–water partition coefficient (Wildman–Crippen LogP) is 2.32. The molecule has 0 saturated carbocycles. The Bertz CT molecular complexity index is 1150. The van der Waals surface area contributed by atoms with E-state index in [1.54, 1.807) is 17.0 Å². The molecule has 2 amide bonds. The van der Waals surface area contributed by atoms with E-state index < -0.39 is 29.6 Å². The van der Waals surface area contributed by atoms with E-state index in [-0.39, 0.29) is 30.4 Å². The zero-order chi connectivity index (χ0) is 24.7. The highest BCUT2D eigenvalue weighted by atomic mass is 19.1. The summed E-state index contributed by atoms with van der Waals surface area (Å²) in [5.74, 6) is -0.623. The van der Waals surface area contributed by atoms with Gasteiger partial charge in [-0.05, 0) is 19.9 Å². The van der Waals surface area contributed by atoms with Gasteiger partial charge in [0.05, 0.1) is 31.6 Å². The first-order valence-corrected chi connectivity index (χ1v) is 11.2. The number of anilines is 3. The molecule has 3 aliphatic rings. The van der Waals surface area contributed by atoms with Gasteiger partial charge in [-0.15, -0.1) is 0 Å². The Morgan fingerprint density at radius 1 is 1.31 bits per heavy atom. The molecule has 1 N–H and O–H groups in total. The van der Waals surface area contributed by atoms with E-state index in [1.165, 1.54) is 24.3 Å². The Morgan fingerprint density at radius 3 is 2.89 bits per heavy atom. The third-order valence-corrected chi connectivity index (χ3v) is 6.16. The number of aromatic nitrogens is 2. The minimum Gasteiger partial charge on any atom is -0.491 e. The van der Waals surface area contributed by atoms with Crippen LogP contribution in [0.4, 0.5) is 26.5 Å². The van der Waals surface area contributed by atoms with Gasteiger partial charge in [-0.1, -0.05) is 0 Å². The van der Waals surface area contributed by atoms with E-state index in [2.05, 4.69) is 15.3 Å². The van der Waals surface area contributed by atoms with Crippen LogP contribution >= 0.6 is 0 Å². The molecule has 0 spiro atoms. The predicted molar refractivity (Wildman–Crippen MR) is 122 cm³/mol. The van der Waals surface area contributed by atoms with Crippen LogP contribution in [0.5, 0.6) is 5.75 Å². The minimum atomic E-state index is -0.643. The average molecular weight is 487 g/mol. The van der Waals surface area contributed by atoms with Gasteiger partial charge < -0.3 is 23.8 Å². The molecule has 2 aromatic rings. The number of nitrogens with zero attached hydrogens (tertiary/aromatic N) is 4. The van der Waals surface area contributed by atoms with Crippen molar-refractivity contribution >= 4 is 29.3 Å². The fourth-order valence-electron chi connectivity index (χ4n) is 4.65. The smallest absolute Gasteiger partial charge is 0.329 e. The van der Waals surface area contributed by atoms with Crippen LogP contribution in [0.15, 0.2) is 30.6 Å². The zero-order valence-corrected chi connectivity index (χ0v) is 19.6. The molecule has 186 valence electrons. The lowest BCUT2D eigenvalue weighted by Crippen LogP contribution is -2.49. The van der Waals surface area contributed by atoms with E-state index in [9.17, 15) is 14.0 Å². The largest absolute Gasteiger partial charge is 0.491 e. The molecular weight excluding hydrogens is 461 g/mol. The molecule has 2 bridgehead atoms. The molecule has 0 aromatic carbocycles. The van der Waals surface area contributed by atoms with Crippen molar-refractivity contribution in [2.24, 2.45) is 0 Å². The monoisotopic (exact) mass is 487 g/mol. The van der Waals surface area contributed by atoms with Crippen LogP contribution in [-0.4, -0.2) is 72.8 Å². The standard InChI is InChI=1S/C23H26FN5O6/c1-23(2)34-12-16(35-23)11-33-15-4-5-25-19(8-15)27-22(31)29-14-7-18(21(30)32-3)28(10-14)17-6-13(24)9-26-20(17)29/h4-6,8-9,14,16,18H,7,10-12H2,1-3H3,(H,25,27,31)/t14-,16-,18?/m0/s1. The molecule has 3 atom stereocenters. The van der Waals surface area contributed by atoms with Crippen LogP contribution in [0.2, 0.25) is 0 Å². The van der Waals surface area contributed by atoms with Gasteiger partial charge in [-0.25, -0.2) is 23.9 Å². The summed E-state index contributed by atoms with van der Waals surface area (Å²) in [6, 6.07) is 3.05. The van der Waals surface area contributed by atoms with Crippen LogP contribution in [0, 0.1) is 5.82 Å². The fourth-order valence-corrected chi connectivity index (χ4v) is 4.65. The molecule has 5 rings (SSSR count). The van der Waals surface area contributed by atoms with Gasteiger partial charge in [0.15, 0.2) is 11.6 Å². The molecule has 11 nitrogen and oxygen atoms in total. The summed E-state index contributed by atoms with van der Waals surface area (Å²) in [5.41, 5.74) is 0.357. The van der Waals surface area contributed by atoms with Gasteiger partial charge in [0.1, 0.15) is 36.1 Å². The molecule has 2 aromatic heterocycles. The van der Waals surface area contributed by atoms with Crippen molar-refractivity contribution in [3.05, 3.63) is 36.4 Å². The Morgan fingerprint density at radius 2 is 2.14 bits per heavy atom. The summed E-state index contributed by atoms with van der Waals surface area (Å²) in [5, 5.41) is 2.76. The van der Waals surface area contributed by atoms with Crippen LogP contribution < -0.4 is 19.9 Å². The van der Waals surface area contributed by atoms with E-state index in [0.29, 0.717) is 31.0 Å². The van der Waals surface area contributed by atoms with Crippen LogP contribution in [0.3, 0.4) is 0 Å². The Labute approximate surface area is 201 Å². The Hall–Kier alpha value is -3.51. The highest BCUT2D eigenvalue weighted by Crippen LogP contribution is 2.42. The second-order valence-corrected chi connectivity index (χ2v) is 9.02. The number of nitrogens with one attached hydrogen (secondary N) is 1. The van der Waals surface area contributed by atoms with Crippen molar-refractivity contribution < 1.29 is 32.9 Å². The summed E-state index contributed by atoms with van der Waals surface area (Å²) in [6.45, 7) is 4.73. The maximum absolute atomic E-state index is 14.0. The van der Waals surface area contributed by atoms with Crippen molar-refractivity contribution in [1.29, 1.82) is 0 Å². The van der Waals surface area contributed by atoms with Gasteiger partial charge in [-0.3, -0.25) is 10.2 Å². The minimum absolute atomic E-state index is 0.208. The number of methoxy groups -OCH3 is 1. The molecule has 5 heterocycles. The Kier molecular flexibility index (Phi) is 5.93. The second kappa shape index (κ2) is 8.93. The summed E-state index contributed by atoms with van der Waals surface area (Å²) in [4.78, 5) is 37.2. The van der Waals surface area contributed by atoms with E-state index in [0.717, 1.165) is 6.20 Å². The van der Waals surface area contributed by atoms with Crippen molar-refractivity contribution in [3.8, 4) is 5.75 Å². The number of carbonyl (C=O) groups excluding carboxylic acids is 2. The number of ether oxygens (including phenoxy) is 4. The maximum atomic E-state index is 14.0. The quantitative estimate of drug-likeness (QED) is 0.635. The van der Waals surface area contributed by atoms with Crippen LogP contribution in [0.1, 0.15) is 20.3 Å². The molecule has 3 aliphatic heterocycles. The summed E-state index contributed by atoms with van der Waals surface area (Å²) in [6.07, 6.45) is 2.68. The van der Waals surface area contributed by atoms with Gasteiger partial charge in [0, 0.05) is 31.3 Å². The van der Waals surface area contributed by atoms with E-state index >= 15 is 0 Å². The number of carbonyl (C=O) groups is 2. The van der Waals surface area contributed by atoms with Gasteiger partial charge >= 0.3 is 12.0 Å². The normalized spacial score (nSPS) is 24.2. The van der Waals surface area contributed by atoms with Crippen molar-refractivity contribution in [2.75, 3.05) is 42.0 Å². The SMILES string of the molecule is COC(=O)C1C[C@H]2CN1c1cc(F)cnc1N2C(=O)Nc1cc(OC[C@H]2COC(C)(C)O2)ccn1. The molecule has 35 heavy (non-hydrogen) atoms. The molecular formula is C23H26FN5O6. The number of amides is 2. The molecule has 0 aliphatic carbocycles. The summed E-state index contributed by atoms with van der Waals surface area (Å²) < 4.78 is 36.0. The van der Waals surface area contributed by atoms with Crippen molar-refractivity contribution in [3.63, 3.8) is 0 Å². The topological polar surface area (TPSA) is 115 Å². The van der Waals surface area contributed by atoms with Crippen molar-refractivity contribution in [1.82, 2.24) is 9.97 Å². The lowest BCUT2D eigenvalue weighted by atomic mass is 10.1. The highest BCUT2D eigenvalue weighted by molar-refractivity contribution is 6.05. The molecule has 0 radical (unpaired) electrons. The van der Waals surface area contributed by atoms with Crippen molar-refractivity contribution in [2.45, 2.75) is 44.2 Å². The first-order valence-electron chi connectivity index (χ1n) is 11.2. The number of urea groups is 1. The van der Waals surface area contributed by atoms with Crippen LogP contribution in [-0.2, 0) is 19.0 Å². The number of esters is 1. The third-order valence-electron chi connectivity index (χ3n) is 6.16. The number of fused-ring (bicyclic) bond motifs is 4. The van der Waals surface area contributed by atoms with Gasteiger partial charge in [0.2, 0.25) is 0 Å². The molecule has 1 unspecified atom stereocenters. The number of rotatable bonds is 5. The summed E-state index contributed by atoms with van der Waals surface area (Å²) in [7, 11) is 1.30. The van der Waals surface area contributed by atoms with Gasteiger partial charge in [-0.2, -0.15) is 0 Å². The maximum Gasteiger partial charge on any atom is 0.329 e. The van der Waals surface area contributed by atoms with E-state index in [1.807, 2.05) is 13.8 Å². The average Bonchev–Trinajstić information content (AvgIpc) is 3.38. The van der Waals surface area contributed by atoms with Gasteiger partial charge in [0.25, 0.3) is 0 Å². The third kappa shape index (κ3) is 4.58. The second-order valence-electron chi connectivity index (χ2n) is 9.02. The molecule has 2 fully saturated rings. The molecule has 12 heteroatoms. The van der Waals surface area contributed by atoms with E-state index in [4.69, 9.17) is 18.9 Å².